The molecule has 4 nitrogen and oxygen atoms in total. The van der Waals surface area contributed by atoms with E-state index < -0.39 is 0 Å². The number of halogens is 1. The maximum Gasteiger partial charge on any atom is 0.188 e. The molecule has 1 N–H and O–H groups in total. The van der Waals surface area contributed by atoms with Crippen molar-refractivity contribution in [2.75, 3.05) is 0 Å². The molecule has 1 atom stereocenters. The van der Waals surface area contributed by atoms with Gasteiger partial charge < -0.3 is 5.11 Å². The van der Waals surface area contributed by atoms with E-state index in [9.17, 15) is 9.90 Å². The Balaban J connectivity index is 2.21. The van der Waals surface area contributed by atoms with Crippen molar-refractivity contribution >= 4 is 33.5 Å². The molecule has 0 unspecified atom stereocenters. The molecule has 0 saturated carbocycles. The van der Waals surface area contributed by atoms with Gasteiger partial charge in [-0.25, -0.2) is 9.97 Å². The zero-order valence-electron chi connectivity index (χ0n) is 11.9. The Bertz CT molecular complexity index is 671. The van der Waals surface area contributed by atoms with Gasteiger partial charge in [0.1, 0.15) is 5.75 Å². The van der Waals surface area contributed by atoms with Crippen LogP contribution in [0, 0.1) is 13.8 Å². The monoisotopic (exact) mass is 366 g/mol. The van der Waals surface area contributed by atoms with Crippen LogP contribution in [-0.2, 0) is 0 Å². The van der Waals surface area contributed by atoms with Gasteiger partial charge in [0.2, 0.25) is 0 Å². The van der Waals surface area contributed by atoms with Gasteiger partial charge in [0.15, 0.2) is 10.9 Å². The Morgan fingerprint density at radius 1 is 1.24 bits per heavy atom. The maximum absolute atomic E-state index is 12.4. The van der Waals surface area contributed by atoms with Crippen molar-refractivity contribution in [1.82, 2.24) is 9.97 Å². The van der Waals surface area contributed by atoms with E-state index in [-0.39, 0.29) is 16.8 Å². The highest BCUT2D eigenvalue weighted by molar-refractivity contribution is 9.10. The van der Waals surface area contributed by atoms with E-state index in [2.05, 4.69) is 25.9 Å². The van der Waals surface area contributed by atoms with Gasteiger partial charge in [-0.05, 0) is 45.0 Å². The fourth-order valence-electron chi connectivity index (χ4n) is 1.88. The van der Waals surface area contributed by atoms with Gasteiger partial charge in [-0.15, -0.1) is 0 Å². The largest absolute Gasteiger partial charge is 0.507 e. The molecule has 1 heterocycles. The molecule has 0 amide bonds. The third kappa shape index (κ3) is 4.04. The van der Waals surface area contributed by atoms with Crippen LogP contribution in [0.5, 0.6) is 5.75 Å². The van der Waals surface area contributed by atoms with Crippen LogP contribution < -0.4 is 0 Å². The molecule has 0 spiro atoms. The van der Waals surface area contributed by atoms with Crippen LogP contribution >= 0.6 is 27.7 Å². The predicted molar refractivity (Wildman–Crippen MR) is 87.0 cm³/mol. The van der Waals surface area contributed by atoms with Gasteiger partial charge >= 0.3 is 0 Å². The lowest BCUT2D eigenvalue weighted by atomic mass is 10.1. The first-order valence-corrected chi connectivity index (χ1v) is 8.06. The number of hydrogen-bond acceptors (Lipinski definition) is 5. The average molecular weight is 367 g/mol. The minimum absolute atomic E-state index is 0.0167. The number of phenols is 1. The van der Waals surface area contributed by atoms with Crippen molar-refractivity contribution in [2.24, 2.45) is 0 Å². The second-order valence-corrected chi connectivity index (χ2v) is 6.94. The first-order valence-electron chi connectivity index (χ1n) is 6.38. The molecule has 0 saturated heterocycles. The van der Waals surface area contributed by atoms with Gasteiger partial charge in [0.05, 0.1) is 10.8 Å². The molecule has 0 fully saturated rings. The summed E-state index contributed by atoms with van der Waals surface area (Å²) in [4.78, 5) is 21.1. The first kappa shape index (κ1) is 16.0. The van der Waals surface area contributed by atoms with E-state index in [1.165, 1.54) is 17.8 Å². The van der Waals surface area contributed by atoms with E-state index in [4.69, 9.17) is 0 Å². The second-order valence-electron chi connectivity index (χ2n) is 4.72. The van der Waals surface area contributed by atoms with E-state index >= 15 is 0 Å². The summed E-state index contributed by atoms with van der Waals surface area (Å²) in [6.45, 7) is 5.57. The minimum atomic E-state index is -0.383. The Morgan fingerprint density at radius 2 is 1.86 bits per heavy atom. The summed E-state index contributed by atoms with van der Waals surface area (Å²) in [6, 6.07) is 6.70. The fourth-order valence-corrected chi connectivity index (χ4v) is 3.19. The topological polar surface area (TPSA) is 63.1 Å². The number of carbonyl (C=O) groups is 1. The Kier molecular flexibility index (Phi) is 5.00. The summed E-state index contributed by atoms with van der Waals surface area (Å²) >= 11 is 4.60. The highest BCUT2D eigenvalue weighted by Gasteiger charge is 2.21. The van der Waals surface area contributed by atoms with E-state index in [0.29, 0.717) is 10.7 Å². The summed E-state index contributed by atoms with van der Waals surface area (Å²) in [5.41, 5.74) is 2.04. The molecular weight excluding hydrogens is 352 g/mol. The molecule has 1 aromatic carbocycles. The van der Waals surface area contributed by atoms with Gasteiger partial charge in [-0.3, -0.25) is 4.79 Å². The number of aromatic nitrogens is 2. The maximum atomic E-state index is 12.4. The molecule has 1 aromatic heterocycles. The number of phenolic OH excluding ortho intramolecular Hbond substituents is 1. The van der Waals surface area contributed by atoms with Crippen molar-refractivity contribution in [3.63, 3.8) is 0 Å². The van der Waals surface area contributed by atoms with Crippen LogP contribution in [0.15, 0.2) is 33.9 Å². The normalized spacial score (nSPS) is 12.2. The zero-order chi connectivity index (χ0) is 15.6. The molecule has 0 aliphatic carbocycles. The van der Waals surface area contributed by atoms with Gasteiger partial charge in [0, 0.05) is 15.9 Å². The molecule has 2 rings (SSSR count). The van der Waals surface area contributed by atoms with Crippen LogP contribution in [0.1, 0.15) is 28.7 Å². The number of ketones is 1. The highest BCUT2D eigenvalue weighted by atomic mass is 79.9. The lowest BCUT2D eigenvalue weighted by molar-refractivity contribution is 0.0991. The van der Waals surface area contributed by atoms with E-state index in [1.807, 2.05) is 19.9 Å². The van der Waals surface area contributed by atoms with Crippen molar-refractivity contribution < 1.29 is 9.90 Å². The van der Waals surface area contributed by atoms with Crippen molar-refractivity contribution in [3.8, 4) is 5.75 Å². The number of Topliss-reactive ketones (excluding diaryl/α,β-unsaturated/α-hetero) is 1. The van der Waals surface area contributed by atoms with Crippen molar-refractivity contribution in [1.29, 1.82) is 0 Å². The lowest BCUT2D eigenvalue weighted by Crippen LogP contribution is -2.14. The summed E-state index contributed by atoms with van der Waals surface area (Å²) in [5, 5.41) is 10.0. The Labute approximate surface area is 136 Å². The fraction of sp³-hybridized carbons (Fsp3) is 0.267. The van der Waals surface area contributed by atoms with Crippen LogP contribution in [0.3, 0.4) is 0 Å². The van der Waals surface area contributed by atoms with Gasteiger partial charge in [-0.2, -0.15) is 0 Å². The SMILES string of the molecule is Cc1cc(C)nc(S[C@@H](C)C(=O)c2cc(Br)ccc2O)n1. The predicted octanol–water partition coefficient (Wildman–Crippen LogP) is 3.93. The number of nitrogens with zero attached hydrogens (tertiary/aromatic N) is 2. The first-order chi connectivity index (χ1) is 9.86. The van der Waals surface area contributed by atoms with Crippen LogP contribution in [-0.4, -0.2) is 26.1 Å². The molecule has 6 heteroatoms. The summed E-state index contributed by atoms with van der Waals surface area (Å²) < 4.78 is 0.753. The smallest absolute Gasteiger partial charge is 0.188 e. The standard InChI is InChI=1S/C15H15BrN2O2S/c1-8-6-9(2)18-15(17-8)21-10(3)14(20)12-7-11(16)4-5-13(12)19/h4-7,10,19H,1-3H3/t10-/m0/s1. The minimum Gasteiger partial charge on any atom is -0.507 e. The van der Waals surface area contributed by atoms with Crippen molar-refractivity contribution in [2.45, 2.75) is 31.2 Å². The molecular formula is C15H15BrN2O2S. The van der Waals surface area contributed by atoms with Crippen LogP contribution in [0.25, 0.3) is 0 Å². The summed E-state index contributed by atoms with van der Waals surface area (Å²) in [5.74, 6) is -0.168. The number of thioether (sulfide) groups is 1. The number of aromatic hydroxyl groups is 1. The number of carbonyl (C=O) groups excluding carboxylic acids is 1. The third-order valence-corrected chi connectivity index (χ3v) is 4.29. The summed E-state index contributed by atoms with van der Waals surface area (Å²) in [7, 11) is 0. The molecule has 0 radical (unpaired) electrons. The number of rotatable bonds is 4. The highest BCUT2D eigenvalue weighted by Crippen LogP contribution is 2.28. The molecule has 0 bridgehead atoms. The molecule has 0 aliphatic heterocycles. The van der Waals surface area contributed by atoms with Gasteiger partial charge in [0.25, 0.3) is 0 Å². The lowest BCUT2D eigenvalue weighted by Gasteiger charge is -2.11. The van der Waals surface area contributed by atoms with Crippen LogP contribution in [0.4, 0.5) is 0 Å². The van der Waals surface area contributed by atoms with E-state index in [0.717, 1.165) is 15.9 Å². The second kappa shape index (κ2) is 6.58. The van der Waals surface area contributed by atoms with E-state index in [1.54, 1.807) is 19.1 Å². The van der Waals surface area contributed by atoms with Crippen molar-refractivity contribution in [3.05, 3.63) is 45.7 Å². The van der Waals surface area contributed by atoms with Crippen LogP contribution in [0.2, 0.25) is 0 Å². The average Bonchev–Trinajstić information content (AvgIpc) is 2.39. The Morgan fingerprint density at radius 3 is 2.48 bits per heavy atom. The molecule has 0 aliphatic rings. The zero-order valence-corrected chi connectivity index (χ0v) is 14.3. The van der Waals surface area contributed by atoms with Gasteiger partial charge in [-0.1, -0.05) is 27.7 Å². The molecule has 21 heavy (non-hydrogen) atoms. The Hall–Kier alpha value is -1.40. The number of hydrogen-bond donors (Lipinski definition) is 1. The quantitative estimate of drug-likeness (QED) is 0.504. The third-order valence-electron chi connectivity index (χ3n) is 2.84. The molecule has 110 valence electrons. The summed E-state index contributed by atoms with van der Waals surface area (Å²) in [6.07, 6.45) is 0. The molecule has 2 aromatic rings. The number of aryl methyl sites for hydroxylation is 2. The number of benzene rings is 1.